The van der Waals surface area contributed by atoms with Crippen molar-refractivity contribution in [2.75, 3.05) is 69.2 Å². The molecular weight excluding hydrogens is 240 g/mol. The fraction of sp³-hybridized carbons (Fsp3) is 0.692. The first-order chi connectivity index (χ1) is 9.33. The fourth-order valence-electron chi connectivity index (χ4n) is 2.61. The molecule has 0 radical (unpaired) electrons. The number of nitrogens with one attached hydrogen (secondary N) is 1. The molecule has 6 nitrogen and oxygen atoms in total. The van der Waals surface area contributed by atoms with Crippen LogP contribution in [0.1, 0.15) is 0 Å². The molecule has 2 aliphatic heterocycles. The van der Waals surface area contributed by atoms with Gasteiger partial charge < -0.3 is 20.0 Å². The van der Waals surface area contributed by atoms with Crippen LogP contribution >= 0.6 is 0 Å². The van der Waals surface area contributed by atoms with E-state index in [4.69, 9.17) is 0 Å². The predicted molar refractivity (Wildman–Crippen MR) is 76.8 cm³/mol. The first-order valence-corrected chi connectivity index (χ1v) is 7.04. The summed E-state index contributed by atoms with van der Waals surface area (Å²) in [7, 11) is 2.17. The lowest BCUT2D eigenvalue weighted by atomic mass is 10.3. The average Bonchev–Trinajstić information content (AvgIpc) is 2.49. The van der Waals surface area contributed by atoms with E-state index in [9.17, 15) is 0 Å². The number of hydrogen-bond acceptors (Lipinski definition) is 6. The minimum Gasteiger partial charge on any atom is -0.354 e. The van der Waals surface area contributed by atoms with Gasteiger partial charge in [0.05, 0.1) is 0 Å². The molecule has 6 heteroatoms. The SMILES string of the molecule is CN1CCN(c2cc(N3CCNCC3)ncn2)CC1. The Bertz CT molecular complexity index is 409. The number of aromatic nitrogens is 2. The lowest BCUT2D eigenvalue weighted by molar-refractivity contribution is 0.312. The summed E-state index contributed by atoms with van der Waals surface area (Å²) in [6.07, 6.45) is 1.70. The van der Waals surface area contributed by atoms with Gasteiger partial charge in [0.25, 0.3) is 0 Å². The number of likely N-dealkylation sites (N-methyl/N-ethyl adjacent to an activating group) is 1. The second-order valence-corrected chi connectivity index (χ2v) is 5.26. The molecule has 0 atom stereocenters. The van der Waals surface area contributed by atoms with Crippen molar-refractivity contribution in [1.29, 1.82) is 0 Å². The molecule has 0 amide bonds. The Morgan fingerprint density at radius 1 is 0.895 bits per heavy atom. The third kappa shape index (κ3) is 2.96. The Balaban J connectivity index is 1.72. The number of piperazine rings is 2. The zero-order valence-electron chi connectivity index (χ0n) is 11.5. The van der Waals surface area contributed by atoms with E-state index in [-0.39, 0.29) is 0 Å². The molecule has 104 valence electrons. The molecule has 0 saturated carbocycles. The molecule has 2 saturated heterocycles. The van der Waals surface area contributed by atoms with E-state index in [1.165, 1.54) is 0 Å². The Morgan fingerprint density at radius 2 is 1.47 bits per heavy atom. The van der Waals surface area contributed by atoms with Gasteiger partial charge in [0, 0.05) is 58.4 Å². The van der Waals surface area contributed by atoms with Crippen LogP contribution in [-0.2, 0) is 0 Å². The minimum atomic E-state index is 1.03. The van der Waals surface area contributed by atoms with Crippen molar-refractivity contribution in [3.8, 4) is 0 Å². The van der Waals surface area contributed by atoms with Gasteiger partial charge >= 0.3 is 0 Å². The molecule has 0 aliphatic carbocycles. The molecule has 2 fully saturated rings. The molecule has 0 aromatic carbocycles. The summed E-state index contributed by atoms with van der Waals surface area (Å²) >= 11 is 0. The lowest BCUT2D eigenvalue weighted by Gasteiger charge is -2.34. The topological polar surface area (TPSA) is 47.5 Å². The van der Waals surface area contributed by atoms with Gasteiger partial charge in [-0.1, -0.05) is 0 Å². The van der Waals surface area contributed by atoms with Crippen LogP contribution in [0.15, 0.2) is 12.4 Å². The standard InChI is InChI=1S/C13H22N6/c1-17-6-8-19(9-7-17)13-10-12(15-11-16-13)18-4-2-14-3-5-18/h10-11,14H,2-9H2,1H3. The van der Waals surface area contributed by atoms with Gasteiger partial charge in [0.2, 0.25) is 0 Å². The van der Waals surface area contributed by atoms with Gasteiger partial charge in [-0.05, 0) is 7.05 Å². The normalized spacial score (nSPS) is 21.7. The highest BCUT2D eigenvalue weighted by molar-refractivity contribution is 5.50. The van der Waals surface area contributed by atoms with E-state index >= 15 is 0 Å². The van der Waals surface area contributed by atoms with Crippen LogP contribution in [0.2, 0.25) is 0 Å². The maximum absolute atomic E-state index is 4.44. The second-order valence-electron chi connectivity index (χ2n) is 5.26. The van der Waals surface area contributed by atoms with Crippen molar-refractivity contribution < 1.29 is 0 Å². The average molecular weight is 262 g/mol. The van der Waals surface area contributed by atoms with Crippen molar-refractivity contribution in [1.82, 2.24) is 20.2 Å². The van der Waals surface area contributed by atoms with Gasteiger partial charge in [-0.25, -0.2) is 9.97 Å². The highest BCUT2D eigenvalue weighted by atomic mass is 15.3. The monoisotopic (exact) mass is 262 g/mol. The van der Waals surface area contributed by atoms with E-state index < -0.39 is 0 Å². The maximum Gasteiger partial charge on any atom is 0.134 e. The Hall–Kier alpha value is -1.40. The van der Waals surface area contributed by atoms with Crippen LogP contribution in [-0.4, -0.2) is 74.3 Å². The van der Waals surface area contributed by atoms with Crippen LogP contribution in [0.5, 0.6) is 0 Å². The minimum absolute atomic E-state index is 1.03. The lowest BCUT2D eigenvalue weighted by Crippen LogP contribution is -2.45. The Kier molecular flexibility index (Phi) is 3.79. The number of anilines is 2. The van der Waals surface area contributed by atoms with Crippen molar-refractivity contribution in [3.63, 3.8) is 0 Å². The first-order valence-electron chi connectivity index (χ1n) is 7.04. The summed E-state index contributed by atoms with van der Waals surface area (Å²) < 4.78 is 0. The zero-order valence-corrected chi connectivity index (χ0v) is 11.5. The molecule has 0 bridgehead atoms. The Labute approximate surface area is 114 Å². The van der Waals surface area contributed by atoms with Crippen LogP contribution < -0.4 is 15.1 Å². The summed E-state index contributed by atoms with van der Waals surface area (Å²) in [6.45, 7) is 8.43. The fourth-order valence-corrected chi connectivity index (χ4v) is 2.61. The summed E-state index contributed by atoms with van der Waals surface area (Å²) in [5, 5.41) is 3.37. The van der Waals surface area contributed by atoms with Crippen LogP contribution in [0.4, 0.5) is 11.6 Å². The van der Waals surface area contributed by atoms with E-state index in [0.29, 0.717) is 0 Å². The molecule has 1 aromatic rings. The molecule has 0 unspecified atom stereocenters. The smallest absolute Gasteiger partial charge is 0.134 e. The van der Waals surface area contributed by atoms with Gasteiger partial charge in [0.15, 0.2) is 0 Å². The molecule has 19 heavy (non-hydrogen) atoms. The van der Waals surface area contributed by atoms with Crippen LogP contribution in [0.25, 0.3) is 0 Å². The molecule has 1 aromatic heterocycles. The van der Waals surface area contributed by atoms with Gasteiger partial charge in [-0.2, -0.15) is 0 Å². The van der Waals surface area contributed by atoms with Crippen molar-refractivity contribution >= 4 is 11.6 Å². The third-order valence-corrected chi connectivity index (χ3v) is 3.91. The number of nitrogens with zero attached hydrogens (tertiary/aromatic N) is 5. The van der Waals surface area contributed by atoms with Crippen LogP contribution in [0.3, 0.4) is 0 Å². The van der Waals surface area contributed by atoms with E-state index in [1.807, 2.05) is 0 Å². The maximum atomic E-state index is 4.44. The van der Waals surface area contributed by atoms with Crippen LogP contribution in [0, 0.1) is 0 Å². The number of hydrogen-bond donors (Lipinski definition) is 1. The summed E-state index contributed by atoms with van der Waals surface area (Å²) in [4.78, 5) is 15.9. The highest BCUT2D eigenvalue weighted by Gasteiger charge is 2.17. The third-order valence-electron chi connectivity index (χ3n) is 3.91. The molecule has 1 N–H and O–H groups in total. The summed E-state index contributed by atoms with van der Waals surface area (Å²) in [5.74, 6) is 2.13. The predicted octanol–water partition coefficient (Wildman–Crippen LogP) is -0.362. The largest absolute Gasteiger partial charge is 0.354 e. The highest BCUT2D eigenvalue weighted by Crippen LogP contribution is 2.18. The van der Waals surface area contributed by atoms with Crippen molar-refractivity contribution in [2.45, 2.75) is 0 Å². The molecule has 2 aliphatic rings. The van der Waals surface area contributed by atoms with Gasteiger partial charge in [-0.3, -0.25) is 0 Å². The van der Waals surface area contributed by atoms with Crippen molar-refractivity contribution in [3.05, 3.63) is 12.4 Å². The Morgan fingerprint density at radius 3 is 2.11 bits per heavy atom. The second kappa shape index (κ2) is 5.71. The van der Waals surface area contributed by atoms with E-state index in [2.05, 4.69) is 43.1 Å². The van der Waals surface area contributed by atoms with Gasteiger partial charge in [-0.15, -0.1) is 0 Å². The quantitative estimate of drug-likeness (QED) is 0.785. The molecule has 3 rings (SSSR count). The van der Waals surface area contributed by atoms with E-state index in [0.717, 1.165) is 64.0 Å². The molecular formula is C13H22N6. The van der Waals surface area contributed by atoms with E-state index in [1.54, 1.807) is 6.33 Å². The summed E-state index contributed by atoms with van der Waals surface area (Å²) in [5.41, 5.74) is 0. The molecule has 3 heterocycles. The van der Waals surface area contributed by atoms with Crippen molar-refractivity contribution in [2.24, 2.45) is 0 Å². The zero-order chi connectivity index (χ0) is 13.1. The molecule has 0 spiro atoms. The first kappa shape index (κ1) is 12.6. The van der Waals surface area contributed by atoms with Gasteiger partial charge in [0.1, 0.15) is 18.0 Å². The number of rotatable bonds is 2. The summed E-state index contributed by atoms with van der Waals surface area (Å²) in [6, 6.07) is 2.14.